The Labute approximate surface area is 109 Å². The molecule has 1 N–H and O–H groups in total. The summed E-state index contributed by atoms with van der Waals surface area (Å²) < 4.78 is 0. The third kappa shape index (κ3) is 2.22. The molecule has 1 aromatic heterocycles. The quantitative estimate of drug-likeness (QED) is 0.671. The van der Waals surface area contributed by atoms with Gasteiger partial charge in [-0.3, -0.25) is 9.69 Å². The molecule has 6 heteroatoms. The van der Waals surface area contributed by atoms with Crippen LogP contribution in [0.5, 0.6) is 0 Å². The van der Waals surface area contributed by atoms with Gasteiger partial charge in [-0.15, -0.1) is 6.58 Å². The molecule has 1 amide bonds. The highest BCUT2D eigenvalue weighted by atomic mass is 35.5. The fraction of sp³-hybridized carbons (Fsp3) is 0.250. The number of carbonyl (C=O) groups excluding carboxylic acids is 1. The molecule has 5 nitrogen and oxygen atoms in total. The molecule has 0 aliphatic carbocycles. The van der Waals surface area contributed by atoms with Gasteiger partial charge in [0, 0.05) is 18.9 Å². The number of carbonyl (C=O) groups is 2. The minimum atomic E-state index is -1.14. The summed E-state index contributed by atoms with van der Waals surface area (Å²) in [7, 11) is 0. The third-order valence-corrected chi connectivity index (χ3v) is 3.03. The van der Waals surface area contributed by atoms with Gasteiger partial charge in [0.1, 0.15) is 10.7 Å². The monoisotopic (exact) mass is 266 g/mol. The number of halogens is 1. The number of carboxylic acid groups (broad SMARTS) is 1. The summed E-state index contributed by atoms with van der Waals surface area (Å²) in [5.74, 6) is -1.19. The Morgan fingerprint density at radius 3 is 2.89 bits per heavy atom. The SMILES string of the molecule is C=CC1CC(=O)N(c2nc(Cl)ccc2C(=O)O)C1. The molecule has 0 aromatic carbocycles. The molecule has 0 spiro atoms. The second-order valence-corrected chi connectivity index (χ2v) is 4.40. The first-order valence-electron chi connectivity index (χ1n) is 5.35. The van der Waals surface area contributed by atoms with Gasteiger partial charge < -0.3 is 5.11 Å². The van der Waals surface area contributed by atoms with Crippen molar-refractivity contribution in [2.75, 3.05) is 11.4 Å². The Kier molecular flexibility index (Phi) is 3.34. The Hall–Kier alpha value is -1.88. The zero-order valence-electron chi connectivity index (χ0n) is 9.47. The van der Waals surface area contributed by atoms with Gasteiger partial charge in [0.05, 0.1) is 0 Å². The lowest BCUT2D eigenvalue weighted by molar-refractivity contribution is -0.117. The summed E-state index contributed by atoms with van der Waals surface area (Å²) in [5.41, 5.74) is -0.0301. The van der Waals surface area contributed by atoms with Crippen LogP contribution in [0.2, 0.25) is 5.15 Å². The second kappa shape index (κ2) is 4.78. The number of anilines is 1. The van der Waals surface area contributed by atoms with Crippen molar-refractivity contribution in [2.24, 2.45) is 5.92 Å². The smallest absolute Gasteiger partial charge is 0.339 e. The van der Waals surface area contributed by atoms with E-state index >= 15 is 0 Å². The second-order valence-electron chi connectivity index (χ2n) is 4.01. The highest BCUT2D eigenvalue weighted by Gasteiger charge is 2.32. The molecule has 2 rings (SSSR count). The molecule has 94 valence electrons. The first kappa shape index (κ1) is 12.6. The molecule has 1 atom stereocenters. The van der Waals surface area contributed by atoms with Gasteiger partial charge in [0.25, 0.3) is 0 Å². The van der Waals surface area contributed by atoms with Crippen molar-refractivity contribution in [1.29, 1.82) is 0 Å². The predicted molar refractivity (Wildman–Crippen MR) is 66.9 cm³/mol. The number of aromatic nitrogens is 1. The van der Waals surface area contributed by atoms with Gasteiger partial charge in [-0.2, -0.15) is 0 Å². The number of aromatic carboxylic acids is 1. The lowest BCUT2D eigenvalue weighted by Crippen LogP contribution is -2.27. The van der Waals surface area contributed by atoms with Crippen LogP contribution >= 0.6 is 11.6 Å². The molecule has 0 saturated carbocycles. The highest BCUT2D eigenvalue weighted by Crippen LogP contribution is 2.28. The summed E-state index contributed by atoms with van der Waals surface area (Å²) in [6.45, 7) is 4.02. The summed E-state index contributed by atoms with van der Waals surface area (Å²) in [4.78, 5) is 28.2. The van der Waals surface area contributed by atoms with Crippen molar-refractivity contribution in [2.45, 2.75) is 6.42 Å². The van der Waals surface area contributed by atoms with Gasteiger partial charge in [-0.05, 0) is 12.1 Å². The first-order valence-corrected chi connectivity index (χ1v) is 5.73. The zero-order valence-corrected chi connectivity index (χ0v) is 10.2. The van der Waals surface area contributed by atoms with Crippen LogP contribution in [0.25, 0.3) is 0 Å². The van der Waals surface area contributed by atoms with Crippen molar-refractivity contribution in [3.05, 3.63) is 35.5 Å². The summed E-state index contributed by atoms with van der Waals surface area (Å²) in [6.07, 6.45) is 2.00. The molecule has 1 aliphatic rings. The molecule has 1 saturated heterocycles. The number of rotatable bonds is 3. The number of hydrogen-bond donors (Lipinski definition) is 1. The summed E-state index contributed by atoms with van der Waals surface area (Å²) in [6, 6.07) is 2.74. The molecule has 2 heterocycles. The fourth-order valence-corrected chi connectivity index (χ4v) is 2.04. The van der Waals surface area contributed by atoms with Crippen LogP contribution in [-0.4, -0.2) is 28.5 Å². The first-order chi connectivity index (χ1) is 8.52. The zero-order chi connectivity index (χ0) is 13.3. The number of nitrogens with zero attached hydrogens (tertiary/aromatic N) is 2. The molecular formula is C12H11ClN2O3. The van der Waals surface area contributed by atoms with E-state index in [9.17, 15) is 9.59 Å². The van der Waals surface area contributed by atoms with Crippen LogP contribution in [0, 0.1) is 5.92 Å². The summed E-state index contributed by atoms with van der Waals surface area (Å²) >= 11 is 5.76. The number of carboxylic acids is 1. The Bertz CT molecular complexity index is 530. The number of pyridine rings is 1. The van der Waals surface area contributed by atoms with Gasteiger partial charge in [-0.1, -0.05) is 17.7 Å². The minimum absolute atomic E-state index is 0.0138. The van der Waals surface area contributed by atoms with Crippen LogP contribution < -0.4 is 4.90 Å². The van der Waals surface area contributed by atoms with Crippen LogP contribution in [-0.2, 0) is 4.79 Å². The standard InChI is InChI=1S/C12H11ClN2O3/c1-2-7-5-10(16)15(6-7)11-8(12(17)18)3-4-9(13)14-11/h2-4,7H,1,5-6H2,(H,17,18). The van der Waals surface area contributed by atoms with Crippen LogP contribution in [0.15, 0.2) is 24.8 Å². The largest absolute Gasteiger partial charge is 0.478 e. The third-order valence-electron chi connectivity index (χ3n) is 2.82. The molecular weight excluding hydrogens is 256 g/mol. The Balaban J connectivity index is 2.44. The van der Waals surface area contributed by atoms with E-state index in [1.165, 1.54) is 17.0 Å². The topological polar surface area (TPSA) is 70.5 Å². The predicted octanol–water partition coefficient (Wildman–Crippen LogP) is 1.97. The fourth-order valence-electron chi connectivity index (χ4n) is 1.90. The molecule has 1 aromatic rings. The van der Waals surface area contributed by atoms with Crippen molar-refractivity contribution >= 4 is 29.3 Å². The number of amides is 1. The van der Waals surface area contributed by atoms with Gasteiger partial charge in [0.15, 0.2) is 5.82 Å². The van der Waals surface area contributed by atoms with E-state index in [1.54, 1.807) is 6.08 Å². The van der Waals surface area contributed by atoms with E-state index < -0.39 is 5.97 Å². The molecule has 0 radical (unpaired) electrons. The average molecular weight is 267 g/mol. The Morgan fingerprint density at radius 1 is 1.61 bits per heavy atom. The van der Waals surface area contributed by atoms with Gasteiger partial charge in [0.2, 0.25) is 5.91 Å². The average Bonchev–Trinajstić information content (AvgIpc) is 2.70. The van der Waals surface area contributed by atoms with Crippen molar-refractivity contribution < 1.29 is 14.7 Å². The molecule has 18 heavy (non-hydrogen) atoms. The maximum Gasteiger partial charge on any atom is 0.339 e. The molecule has 1 fully saturated rings. The van der Waals surface area contributed by atoms with E-state index in [4.69, 9.17) is 16.7 Å². The molecule has 1 unspecified atom stereocenters. The van der Waals surface area contributed by atoms with Crippen LogP contribution in [0.1, 0.15) is 16.8 Å². The van der Waals surface area contributed by atoms with Crippen LogP contribution in [0.3, 0.4) is 0 Å². The summed E-state index contributed by atoms with van der Waals surface area (Å²) in [5, 5.41) is 9.24. The van der Waals surface area contributed by atoms with Crippen LogP contribution in [0.4, 0.5) is 5.82 Å². The molecule has 1 aliphatic heterocycles. The maximum absolute atomic E-state index is 11.8. The van der Waals surface area contributed by atoms with E-state index in [1.807, 2.05) is 0 Å². The van der Waals surface area contributed by atoms with Crippen molar-refractivity contribution in [1.82, 2.24) is 4.98 Å². The van der Waals surface area contributed by atoms with Crippen molar-refractivity contribution in [3.8, 4) is 0 Å². The Morgan fingerprint density at radius 2 is 2.33 bits per heavy atom. The lowest BCUT2D eigenvalue weighted by Gasteiger charge is -2.17. The van der Waals surface area contributed by atoms with E-state index in [0.29, 0.717) is 13.0 Å². The number of hydrogen-bond acceptors (Lipinski definition) is 3. The van der Waals surface area contributed by atoms with E-state index in [0.717, 1.165) is 0 Å². The normalized spacial score (nSPS) is 19.1. The molecule has 0 bridgehead atoms. The lowest BCUT2D eigenvalue weighted by atomic mass is 10.1. The van der Waals surface area contributed by atoms with Gasteiger partial charge in [-0.25, -0.2) is 9.78 Å². The van der Waals surface area contributed by atoms with Gasteiger partial charge >= 0.3 is 5.97 Å². The van der Waals surface area contributed by atoms with Crippen molar-refractivity contribution in [3.63, 3.8) is 0 Å². The highest BCUT2D eigenvalue weighted by molar-refractivity contribution is 6.29. The van der Waals surface area contributed by atoms with E-state index in [-0.39, 0.29) is 28.4 Å². The minimum Gasteiger partial charge on any atom is -0.478 e. The maximum atomic E-state index is 11.8. The van der Waals surface area contributed by atoms with E-state index in [2.05, 4.69) is 11.6 Å².